The number of amides is 1. The van der Waals surface area contributed by atoms with Crippen LogP contribution in [0.1, 0.15) is 51.0 Å². The van der Waals surface area contributed by atoms with Crippen LogP contribution in [0.15, 0.2) is 43.2 Å². The summed E-state index contributed by atoms with van der Waals surface area (Å²) in [6.07, 6.45) is 7.56. The average molecular weight is 583 g/mol. The third kappa shape index (κ3) is 6.44. The zero-order valence-corrected chi connectivity index (χ0v) is 23.0. The predicted octanol–water partition coefficient (Wildman–Crippen LogP) is 4.70. The van der Waals surface area contributed by atoms with E-state index in [9.17, 15) is 18.0 Å². The predicted molar refractivity (Wildman–Crippen MR) is 146 cm³/mol. The minimum atomic E-state index is -4.62. The van der Waals surface area contributed by atoms with Gasteiger partial charge in [-0.1, -0.05) is 6.92 Å². The standard InChI is InChI=1S/C27H29F3N10O2/c1-3-4-23(41)40(22-15-31-21(14-32-22)16-11-34-26(42-2)35-12-16)18-7-5-17(6-8-18)37-25-33-13-19(27(28,29)30)24(38-25)20-9-10-36-39-20/h9-15,17-18H,3-8H2,1-2H3,(H,36,39)(H,33,37,38)/t17-,18-. The smallest absolute Gasteiger partial charge is 0.420 e. The van der Waals surface area contributed by atoms with Crippen molar-refractivity contribution in [1.82, 2.24) is 40.1 Å². The van der Waals surface area contributed by atoms with Crippen LogP contribution in [0, 0.1) is 0 Å². The number of ether oxygens (including phenoxy) is 1. The van der Waals surface area contributed by atoms with E-state index in [0.29, 0.717) is 55.6 Å². The van der Waals surface area contributed by atoms with E-state index in [1.165, 1.54) is 19.4 Å². The van der Waals surface area contributed by atoms with Gasteiger partial charge in [0.05, 0.1) is 25.2 Å². The van der Waals surface area contributed by atoms with Crippen molar-refractivity contribution in [1.29, 1.82) is 0 Å². The normalized spacial score (nSPS) is 17.1. The van der Waals surface area contributed by atoms with E-state index in [1.54, 1.807) is 29.7 Å². The van der Waals surface area contributed by atoms with Crippen molar-refractivity contribution in [3.63, 3.8) is 0 Å². The van der Waals surface area contributed by atoms with Crippen LogP contribution in [0.2, 0.25) is 0 Å². The molecule has 0 aromatic carbocycles. The number of nitrogens with one attached hydrogen (secondary N) is 2. The van der Waals surface area contributed by atoms with Gasteiger partial charge in [0.25, 0.3) is 0 Å². The third-order valence-corrected chi connectivity index (χ3v) is 6.96. The highest BCUT2D eigenvalue weighted by Gasteiger charge is 2.36. The van der Waals surface area contributed by atoms with E-state index in [1.807, 2.05) is 6.92 Å². The molecule has 1 amide bonds. The molecule has 0 radical (unpaired) electrons. The van der Waals surface area contributed by atoms with Gasteiger partial charge < -0.3 is 10.1 Å². The number of hydrogen-bond acceptors (Lipinski definition) is 10. The van der Waals surface area contributed by atoms with Crippen molar-refractivity contribution in [3.05, 3.63) is 48.8 Å². The van der Waals surface area contributed by atoms with Crippen molar-refractivity contribution >= 4 is 17.7 Å². The summed E-state index contributed by atoms with van der Waals surface area (Å²) in [5, 5.41) is 9.55. The van der Waals surface area contributed by atoms with Crippen LogP contribution in [0.4, 0.5) is 24.9 Å². The molecule has 1 aliphatic carbocycles. The Balaban J connectivity index is 1.28. The molecule has 5 rings (SSSR count). The molecule has 220 valence electrons. The first-order valence-electron chi connectivity index (χ1n) is 13.5. The number of carbonyl (C=O) groups excluding carboxylic acids is 1. The van der Waals surface area contributed by atoms with Gasteiger partial charge in [-0.05, 0) is 38.2 Å². The number of nitrogens with zero attached hydrogens (tertiary/aromatic N) is 8. The van der Waals surface area contributed by atoms with Gasteiger partial charge in [0.1, 0.15) is 17.0 Å². The lowest BCUT2D eigenvalue weighted by Crippen LogP contribution is -2.44. The highest BCUT2D eigenvalue weighted by molar-refractivity contribution is 5.93. The Labute approximate surface area is 239 Å². The van der Waals surface area contributed by atoms with Crippen molar-refractivity contribution in [2.75, 3.05) is 17.3 Å². The first-order valence-corrected chi connectivity index (χ1v) is 13.5. The van der Waals surface area contributed by atoms with Crippen LogP contribution in [-0.2, 0) is 11.0 Å². The lowest BCUT2D eigenvalue weighted by molar-refractivity contribution is -0.137. The Hall–Kier alpha value is -4.69. The molecule has 42 heavy (non-hydrogen) atoms. The van der Waals surface area contributed by atoms with Gasteiger partial charge in [0, 0.05) is 48.9 Å². The number of halogens is 3. The molecule has 0 spiro atoms. The molecule has 1 aliphatic rings. The van der Waals surface area contributed by atoms with Crippen LogP contribution in [0.5, 0.6) is 6.01 Å². The summed E-state index contributed by atoms with van der Waals surface area (Å²) in [6.45, 7) is 1.94. The molecule has 0 atom stereocenters. The number of hydrogen-bond donors (Lipinski definition) is 2. The molecule has 2 N–H and O–H groups in total. The molecule has 0 unspecified atom stereocenters. The molecular weight excluding hydrogens is 553 g/mol. The summed E-state index contributed by atoms with van der Waals surface area (Å²) < 4.78 is 45.7. The monoisotopic (exact) mass is 582 g/mol. The van der Waals surface area contributed by atoms with Crippen LogP contribution in [0.25, 0.3) is 22.6 Å². The second-order valence-electron chi connectivity index (χ2n) is 9.79. The molecule has 0 saturated heterocycles. The van der Waals surface area contributed by atoms with Gasteiger partial charge in [-0.25, -0.2) is 24.9 Å². The Morgan fingerprint density at radius 1 is 1.02 bits per heavy atom. The van der Waals surface area contributed by atoms with Gasteiger partial charge in [0.2, 0.25) is 11.9 Å². The van der Waals surface area contributed by atoms with E-state index < -0.39 is 11.7 Å². The summed E-state index contributed by atoms with van der Waals surface area (Å²) in [7, 11) is 1.48. The molecule has 0 bridgehead atoms. The fraction of sp³-hybridized carbons (Fsp3) is 0.407. The van der Waals surface area contributed by atoms with Gasteiger partial charge in [0.15, 0.2) is 5.82 Å². The number of methoxy groups -OCH3 is 1. The van der Waals surface area contributed by atoms with Gasteiger partial charge in [-0.2, -0.15) is 18.3 Å². The average Bonchev–Trinajstić information content (AvgIpc) is 3.54. The van der Waals surface area contributed by atoms with Gasteiger partial charge in [-0.15, -0.1) is 0 Å². The lowest BCUT2D eigenvalue weighted by Gasteiger charge is -2.36. The zero-order chi connectivity index (χ0) is 29.7. The Morgan fingerprint density at radius 3 is 2.38 bits per heavy atom. The second kappa shape index (κ2) is 12.4. The minimum Gasteiger partial charge on any atom is -0.467 e. The van der Waals surface area contributed by atoms with E-state index in [0.717, 1.165) is 6.20 Å². The molecule has 4 aromatic rings. The number of carbonyl (C=O) groups is 1. The fourth-order valence-corrected chi connectivity index (χ4v) is 4.91. The number of aromatic nitrogens is 8. The number of rotatable bonds is 9. The topological polar surface area (TPSA) is 148 Å². The molecule has 4 aromatic heterocycles. The maximum Gasteiger partial charge on any atom is 0.420 e. The van der Waals surface area contributed by atoms with E-state index in [-0.39, 0.29) is 41.3 Å². The summed E-state index contributed by atoms with van der Waals surface area (Å²) in [5.41, 5.74) is 0.0417. The van der Waals surface area contributed by atoms with Crippen molar-refractivity contribution < 1.29 is 22.7 Å². The van der Waals surface area contributed by atoms with Crippen molar-refractivity contribution in [3.8, 4) is 28.7 Å². The number of aromatic amines is 1. The molecule has 15 heteroatoms. The van der Waals surface area contributed by atoms with Crippen LogP contribution in [-0.4, -0.2) is 65.2 Å². The van der Waals surface area contributed by atoms with Crippen LogP contribution >= 0.6 is 0 Å². The summed E-state index contributed by atoms with van der Waals surface area (Å²) in [6, 6.07) is 1.47. The third-order valence-electron chi connectivity index (χ3n) is 6.96. The number of alkyl halides is 3. The molecular formula is C27H29F3N10O2. The van der Waals surface area contributed by atoms with Gasteiger partial charge in [-0.3, -0.25) is 19.8 Å². The Bertz CT molecular complexity index is 1470. The first-order chi connectivity index (χ1) is 20.3. The summed E-state index contributed by atoms with van der Waals surface area (Å²) >= 11 is 0. The van der Waals surface area contributed by atoms with Gasteiger partial charge >= 0.3 is 12.2 Å². The highest BCUT2D eigenvalue weighted by atomic mass is 19.4. The van der Waals surface area contributed by atoms with E-state index in [2.05, 4.69) is 45.4 Å². The second-order valence-corrected chi connectivity index (χ2v) is 9.79. The van der Waals surface area contributed by atoms with Crippen LogP contribution < -0.4 is 15.0 Å². The lowest BCUT2D eigenvalue weighted by atomic mass is 9.90. The maximum absolute atomic E-state index is 13.6. The molecule has 12 nitrogen and oxygen atoms in total. The SMILES string of the molecule is CCCC(=O)N(c1cnc(-c2cnc(OC)nc2)cn1)[C@H]1CC[C@H](Nc2ncc(C(F)(F)F)c(-c3cc[nH]n3)n2)CC1. The van der Waals surface area contributed by atoms with E-state index in [4.69, 9.17) is 4.74 Å². The molecule has 4 heterocycles. The number of H-pyrrole nitrogens is 1. The zero-order valence-electron chi connectivity index (χ0n) is 23.0. The highest BCUT2D eigenvalue weighted by Crippen LogP contribution is 2.36. The number of anilines is 2. The minimum absolute atomic E-state index is 0.0431. The van der Waals surface area contributed by atoms with Crippen LogP contribution in [0.3, 0.4) is 0 Å². The van der Waals surface area contributed by atoms with E-state index >= 15 is 0 Å². The Morgan fingerprint density at radius 2 is 1.79 bits per heavy atom. The summed E-state index contributed by atoms with van der Waals surface area (Å²) in [4.78, 5) is 40.2. The quantitative estimate of drug-likeness (QED) is 0.285. The molecule has 1 saturated carbocycles. The summed E-state index contributed by atoms with van der Waals surface area (Å²) in [5.74, 6) is 0.503. The van der Waals surface area contributed by atoms with Crippen molar-refractivity contribution in [2.24, 2.45) is 0 Å². The Kier molecular flexibility index (Phi) is 8.54. The first kappa shape index (κ1) is 28.8. The largest absolute Gasteiger partial charge is 0.467 e. The molecule has 1 fully saturated rings. The maximum atomic E-state index is 13.6. The fourth-order valence-electron chi connectivity index (χ4n) is 4.91. The van der Waals surface area contributed by atoms with Crippen molar-refractivity contribution in [2.45, 2.75) is 63.7 Å². The molecule has 0 aliphatic heterocycles.